The number of likely N-dealkylation sites (tertiary alicyclic amines) is 1. The molecule has 3 heterocycles. The number of hydrogen-bond acceptors (Lipinski definition) is 6. The number of aliphatic hydroxyl groups is 1. The van der Waals surface area contributed by atoms with Gasteiger partial charge in [0.05, 0.1) is 31.2 Å². The third-order valence-corrected chi connectivity index (χ3v) is 7.51. The van der Waals surface area contributed by atoms with Crippen molar-refractivity contribution >= 4 is 33.7 Å². The number of fused-ring (bicyclic) bond motifs is 1. The summed E-state index contributed by atoms with van der Waals surface area (Å²) < 4.78 is 11.8. The van der Waals surface area contributed by atoms with Gasteiger partial charge in [-0.25, -0.2) is 0 Å². The predicted octanol–water partition coefficient (Wildman–Crippen LogP) is 1.66. The van der Waals surface area contributed by atoms with E-state index < -0.39 is 35.6 Å². The van der Waals surface area contributed by atoms with Gasteiger partial charge in [-0.05, 0) is 33.1 Å². The molecule has 6 atom stereocenters. The standard InChI is InChI=1S/C23H33BrN2O6/c1-5-7-8-12-31-22(30)16-17-20(28)26(10-11-27)19(21(29)25(9-6-2)14(3)4)23(17)13-15(24)18(16)32-23/h5-6,14-19,27H,1-2,7-13H2,3-4H3/t15?,16-,17-,18-,19?,23?/m0/s1. The highest BCUT2D eigenvalue weighted by molar-refractivity contribution is 9.09. The number of esters is 1. The van der Waals surface area contributed by atoms with E-state index in [1.54, 1.807) is 17.1 Å². The molecule has 1 N–H and O–H groups in total. The Bertz CT molecular complexity index is 774. The maximum Gasteiger partial charge on any atom is 0.312 e. The van der Waals surface area contributed by atoms with Crippen LogP contribution >= 0.6 is 15.9 Å². The van der Waals surface area contributed by atoms with Crippen molar-refractivity contribution < 1.29 is 29.0 Å². The van der Waals surface area contributed by atoms with Gasteiger partial charge in [0, 0.05) is 24.0 Å². The molecule has 3 saturated heterocycles. The molecule has 3 aliphatic heterocycles. The Hall–Kier alpha value is -1.71. The largest absolute Gasteiger partial charge is 0.465 e. The number of alkyl halides is 1. The number of aliphatic hydroxyl groups excluding tert-OH is 1. The zero-order chi connectivity index (χ0) is 23.6. The predicted molar refractivity (Wildman–Crippen MR) is 122 cm³/mol. The second kappa shape index (κ2) is 10.1. The van der Waals surface area contributed by atoms with Gasteiger partial charge in [0.1, 0.15) is 11.6 Å². The van der Waals surface area contributed by atoms with Crippen LogP contribution in [-0.2, 0) is 23.9 Å². The van der Waals surface area contributed by atoms with Crippen molar-refractivity contribution in [2.75, 3.05) is 26.3 Å². The Kier molecular flexibility index (Phi) is 7.83. The molecule has 3 aliphatic rings. The van der Waals surface area contributed by atoms with Gasteiger partial charge in [-0.15, -0.1) is 13.2 Å². The molecule has 2 bridgehead atoms. The molecule has 178 valence electrons. The van der Waals surface area contributed by atoms with Gasteiger partial charge >= 0.3 is 5.97 Å². The molecule has 3 unspecified atom stereocenters. The molecule has 2 amide bonds. The monoisotopic (exact) mass is 512 g/mol. The number of hydrogen-bond donors (Lipinski definition) is 1. The third kappa shape index (κ3) is 4.03. The molecule has 9 heteroatoms. The van der Waals surface area contributed by atoms with Crippen LogP contribution in [0.5, 0.6) is 0 Å². The third-order valence-electron chi connectivity index (χ3n) is 6.67. The highest BCUT2D eigenvalue weighted by atomic mass is 79.9. The van der Waals surface area contributed by atoms with E-state index in [1.165, 1.54) is 4.90 Å². The van der Waals surface area contributed by atoms with Crippen LogP contribution in [0.4, 0.5) is 0 Å². The summed E-state index contributed by atoms with van der Waals surface area (Å²) in [5.74, 6) is -2.69. The minimum absolute atomic E-state index is 0.00437. The number of ether oxygens (including phenoxy) is 2. The summed E-state index contributed by atoms with van der Waals surface area (Å²) in [5, 5.41) is 9.63. The lowest BCUT2D eigenvalue weighted by Crippen LogP contribution is -2.58. The topological polar surface area (TPSA) is 96.4 Å². The van der Waals surface area contributed by atoms with E-state index in [2.05, 4.69) is 29.1 Å². The first kappa shape index (κ1) is 24.9. The van der Waals surface area contributed by atoms with Crippen LogP contribution in [-0.4, -0.2) is 87.6 Å². The summed E-state index contributed by atoms with van der Waals surface area (Å²) in [6.07, 6.45) is 4.65. The zero-order valence-corrected chi connectivity index (χ0v) is 20.3. The molecule has 1 spiro atoms. The van der Waals surface area contributed by atoms with Gasteiger partial charge in [-0.2, -0.15) is 0 Å². The second-order valence-electron chi connectivity index (χ2n) is 8.89. The van der Waals surface area contributed by atoms with Gasteiger partial charge in [-0.3, -0.25) is 14.4 Å². The average molecular weight is 513 g/mol. The molecule has 0 radical (unpaired) electrons. The van der Waals surface area contributed by atoms with Crippen molar-refractivity contribution in [3.8, 4) is 0 Å². The lowest BCUT2D eigenvalue weighted by molar-refractivity contribution is -0.155. The van der Waals surface area contributed by atoms with Crippen LogP contribution in [0.25, 0.3) is 0 Å². The summed E-state index contributed by atoms with van der Waals surface area (Å²) in [6, 6.07) is -1.04. The van der Waals surface area contributed by atoms with Gasteiger partial charge in [-0.1, -0.05) is 28.1 Å². The highest BCUT2D eigenvalue weighted by Crippen LogP contribution is 2.60. The van der Waals surface area contributed by atoms with Crippen LogP contribution in [0, 0.1) is 11.8 Å². The number of unbranched alkanes of at least 4 members (excludes halogenated alkanes) is 1. The van der Waals surface area contributed by atoms with Crippen LogP contribution in [0.1, 0.15) is 33.1 Å². The Balaban J connectivity index is 1.96. The van der Waals surface area contributed by atoms with E-state index in [0.717, 1.165) is 6.42 Å². The highest BCUT2D eigenvalue weighted by Gasteiger charge is 2.77. The van der Waals surface area contributed by atoms with Crippen molar-refractivity contribution in [1.82, 2.24) is 9.80 Å². The summed E-state index contributed by atoms with van der Waals surface area (Å²) >= 11 is 3.61. The minimum atomic E-state index is -1.14. The number of carbonyl (C=O) groups is 3. The summed E-state index contributed by atoms with van der Waals surface area (Å²) in [7, 11) is 0. The second-order valence-corrected chi connectivity index (χ2v) is 10.1. The minimum Gasteiger partial charge on any atom is -0.465 e. The summed E-state index contributed by atoms with van der Waals surface area (Å²) in [4.78, 5) is 43.2. The van der Waals surface area contributed by atoms with E-state index in [4.69, 9.17) is 9.47 Å². The fraction of sp³-hybridized carbons (Fsp3) is 0.696. The quantitative estimate of drug-likeness (QED) is 0.196. The number of β-amino-alcohol motifs (C(OH)–C–C–N with tert-alkyl or cyclic N) is 1. The first-order valence-electron chi connectivity index (χ1n) is 11.2. The average Bonchev–Trinajstić information content (AvgIpc) is 3.33. The summed E-state index contributed by atoms with van der Waals surface area (Å²) in [5.41, 5.74) is -1.14. The van der Waals surface area contributed by atoms with Gasteiger partial charge in [0.2, 0.25) is 11.8 Å². The smallest absolute Gasteiger partial charge is 0.312 e. The normalized spacial score (nSPS) is 32.8. The SMILES string of the molecule is C=CCCCOC(=O)[C@H]1[C@H]2C(=O)N(CCO)C(C(=O)N(CC=C)C(C)C)C23CC(Br)[C@@H]1O3. The number of allylic oxidation sites excluding steroid dienone is 1. The summed E-state index contributed by atoms with van der Waals surface area (Å²) in [6.45, 7) is 11.5. The van der Waals surface area contributed by atoms with Crippen LogP contribution in [0.3, 0.4) is 0 Å². The van der Waals surface area contributed by atoms with Crippen molar-refractivity contribution in [2.45, 2.75) is 61.7 Å². The number of amides is 2. The van der Waals surface area contributed by atoms with Gasteiger partial charge in [0.25, 0.3) is 0 Å². The maximum absolute atomic E-state index is 13.7. The molecule has 0 aromatic heterocycles. The number of nitrogens with zero attached hydrogens (tertiary/aromatic N) is 2. The lowest BCUT2D eigenvalue weighted by atomic mass is 9.70. The Labute approximate surface area is 197 Å². The zero-order valence-electron chi connectivity index (χ0n) is 18.7. The molecule has 3 rings (SSSR count). The van der Waals surface area contributed by atoms with E-state index in [0.29, 0.717) is 19.4 Å². The molecular formula is C23H33BrN2O6. The molecule has 0 aromatic rings. The van der Waals surface area contributed by atoms with Crippen molar-refractivity contribution in [3.63, 3.8) is 0 Å². The van der Waals surface area contributed by atoms with Crippen LogP contribution in [0.2, 0.25) is 0 Å². The molecule has 32 heavy (non-hydrogen) atoms. The molecule has 0 aliphatic carbocycles. The molecule has 0 aromatic carbocycles. The van der Waals surface area contributed by atoms with Crippen molar-refractivity contribution in [2.24, 2.45) is 11.8 Å². The maximum atomic E-state index is 13.7. The van der Waals surface area contributed by atoms with Gasteiger partial charge in [0.15, 0.2) is 0 Å². The van der Waals surface area contributed by atoms with Crippen molar-refractivity contribution in [3.05, 3.63) is 25.3 Å². The first-order valence-corrected chi connectivity index (χ1v) is 12.1. The Morgan fingerprint density at radius 1 is 1.41 bits per heavy atom. The fourth-order valence-corrected chi connectivity index (χ4v) is 6.32. The lowest BCUT2D eigenvalue weighted by Gasteiger charge is -2.38. The molecule has 0 saturated carbocycles. The Morgan fingerprint density at radius 3 is 2.72 bits per heavy atom. The Morgan fingerprint density at radius 2 is 2.12 bits per heavy atom. The first-order chi connectivity index (χ1) is 15.2. The van der Waals surface area contributed by atoms with Crippen LogP contribution in [0.15, 0.2) is 25.3 Å². The van der Waals surface area contributed by atoms with E-state index in [9.17, 15) is 19.5 Å². The van der Waals surface area contributed by atoms with Gasteiger partial charge < -0.3 is 24.4 Å². The van der Waals surface area contributed by atoms with Crippen molar-refractivity contribution in [1.29, 1.82) is 0 Å². The van der Waals surface area contributed by atoms with E-state index in [1.807, 2.05) is 13.8 Å². The number of halogens is 1. The van der Waals surface area contributed by atoms with E-state index >= 15 is 0 Å². The number of carbonyl (C=O) groups excluding carboxylic acids is 3. The molecule has 3 fully saturated rings. The molecule has 8 nitrogen and oxygen atoms in total. The fourth-order valence-electron chi connectivity index (χ4n) is 5.37. The molecular weight excluding hydrogens is 480 g/mol. The van der Waals surface area contributed by atoms with Crippen LogP contribution < -0.4 is 0 Å². The number of rotatable bonds is 11. The van der Waals surface area contributed by atoms with E-state index in [-0.39, 0.29) is 42.4 Å².